The van der Waals surface area contributed by atoms with Crippen molar-refractivity contribution in [3.8, 4) is 5.88 Å². The van der Waals surface area contributed by atoms with E-state index in [1.807, 2.05) is 4.90 Å². The number of likely N-dealkylation sites (tertiary alicyclic amines) is 1. The molecule has 1 fully saturated rings. The maximum atomic E-state index is 12.8. The summed E-state index contributed by atoms with van der Waals surface area (Å²) in [6.45, 7) is 3.65. The smallest absolute Gasteiger partial charge is 0.259 e. The van der Waals surface area contributed by atoms with E-state index < -0.39 is 0 Å². The summed E-state index contributed by atoms with van der Waals surface area (Å²) in [5, 5.41) is 0. The molecule has 1 aliphatic rings. The Labute approximate surface area is 137 Å². The van der Waals surface area contributed by atoms with E-state index in [1.54, 1.807) is 25.4 Å². The van der Waals surface area contributed by atoms with Gasteiger partial charge in [0.15, 0.2) is 0 Å². The summed E-state index contributed by atoms with van der Waals surface area (Å²) in [4.78, 5) is 18.9. The van der Waals surface area contributed by atoms with Crippen molar-refractivity contribution in [3.05, 3.63) is 59.3 Å². The van der Waals surface area contributed by atoms with Crippen LogP contribution in [0, 0.1) is 6.92 Å². The van der Waals surface area contributed by atoms with E-state index in [2.05, 4.69) is 36.2 Å². The molecule has 4 nitrogen and oxygen atoms in total. The normalized spacial score (nSPS) is 17.8. The van der Waals surface area contributed by atoms with Crippen molar-refractivity contribution >= 4 is 5.91 Å². The Bertz CT molecular complexity index is 699. The predicted octanol–water partition coefficient (Wildman–Crippen LogP) is 3.42. The quantitative estimate of drug-likeness (QED) is 0.872. The van der Waals surface area contributed by atoms with Gasteiger partial charge in [-0.15, -0.1) is 0 Å². The zero-order chi connectivity index (χ0) is 16.2. The second-order valence-corrected chi connectivity index (χ2v) is 6.06. The lowest BCUT2D eigenvalue weighted by molar-refractivity contribution is 0.0703. The maximum absolute atomic E-state index is 12.8. The summed E-state index contributed by atoms with van der Waals surface area (Å²) < 4.78 is 5.23. The molecule has 1 amide bonds. The molecule has 120 valence electrons. The third-order valence-corrected chi connectivity index (χ3v) is 4.42. The van der Waals surface area contributed by atoms with Crippen LogP contribution in [-0.2, 0) is 0 Å². The topological polar surface area (TPSA) is 42.4 Å². The van der Waals surface area contributed by atoms with Crippen LogP contribution < -0.4 is 4.74 Å². The number of pyridine rings is 1. The number of hydrogen-bond donors (Lipinski definition) is 0. The SMILES string of the molecule is COc1ncccc1C(=O)N1CCCC(c2cccc(C)c2)C1. The van der Waals surface area contributed by atoms with Crippen LogP contribution in [0.1, 0.15) is 40.2 Å². The van der Waals surface area contributed by atoms with Crippen molar-refractivity contribution in [2.45, 2.75) is 25.7 Å². The van der Waals surface area contributed by atoms with Crippen LogP contribution >= 0.6 is 0 Å². The third-order valence-electron chi connectivity index (χ3n) is 4.42. The molecule has 1 atom stereocenters. The molecule has 0 radical (unpaired) electrons. The van der Waals surface area contributed by atoms with Crippen molar-refractivity contribution in [2.24, 2.45) is 0 Å². The molecule has 23 heavy (non-hydrogen) atoms. The number of piperidine rings is 1. The lowest BCUT2D eigenvalue weighted by Crippen LogP contribution is -2.39. The first-order chi connectivity index (χ1) is 11.2. The summed E-state index contributed by atoms with van der Waals surface area (Å²) in [6, 6.07) is 12.1. The fraction of sp³-hybridized carbons (Fsp3) is 0.368. The van der Waals surface area contributed by atoms with E-state index in [-0.39, 0.29) is 5.91 Å². The highest BCUT2D eigenvalue weighted by Crippen LogP contribution is 2.29. The molecule has 0 spiro atoms. The van der Waals surface area contributed by atoms with Crippen molar-refractivity contribution < 1.29 is 9.53 Å². The Morgan fingerprint density at radius 1 is 1.30 bits per heavy atom. The number of aryl methyl sites for hydroxylation is 1. The lowest BCUT2D eigenvalue weighted by Gasteiger charge is -2.33. The maximum Gasteiger partial charge on any atom is 0.259 e. The molecule has 0 N–H and O–H groups in total. The van der Waals surface area contributed by atoms with Gasteiger partial charge in [0.05, 0.1) is 7.11 Å². The van der Waals surface area contributed by atoms with Crippen LogP contribution in [0.25, 0.3) is 0 Å². The van der Waals surface area contributed by atoms with Gasteiger partial charge < -0.3 is 9.64 Å². The Hall–Kier alpha value is -2.36. The molecule has 2 heterocycles. The summed E-state index contributed by atoms with van der Waals surface area (Å²) in [5.41, 5.74) is 3.13. The van der Waals surface area contributed by atoms with Gasteiger partial charge in [-0.3, -0.25) is 4.79 Å². The number of hydrogen-bond acceptors (Lipinski definition) is 3. The monoisotopic (exact) mass is 310 g/mol. The minimum absolute atomic E-state index is 0.00676. The second kappa shape index (κ2) is 6.82. The van der Waals surface area contributed by atoms with Gasteiger partial charge in [0.25, 0.3) is 5.91 Å². The van der Waals surface area contributed by atoms with E-state index >= 15 is 0 Å². The fourth-order valence-corrected chi connectivity index (χ4v) is 3.24. The minimum atomic E-state index is 0.00676. The third kappa shape index (κ3) is 3.36. The number of nitrogens with zero attached hydrogens (tertiary/aromatic N) is 2. The molecule has 1 aliphatic heterocycles. The van der Waals surface area contributed by atoms with E-state index in [0.717, 1.165) is 25.9 Å². The number of benzene rings is 1. The van der Waals surface area contributed by atoms with Crippen molar-refractivity contribution in [2.75, 3.05) is 20.2 Å². The molecule has 0 saturated carbocycles. The van der Waals surface area contributed by atoms with Gasteiger partial charge in [0, 0.05) is 25.2 Å². The van der Waals surface area contributed by atoms with E-state index in [0.29, 0.717) is 17.4 Å². The molecule has 3 rings (SSSR count). The van der Waals surface area contributed by atoms with Crippen LogP contribution in [0.2, 0.25) is 0 Å². The summed E-state index contributed by atoms with van der Waals surface area (Å²) in [7, 11) is 1.55. The van der Waals surface area contributed by atoms with Crippen molar-refractivity contribution in [3.63, 3.8) is 0 Å². The molecule has 1 aromatic carbocycles. The largest absolute Gasteiger partial charge is 0.480 e. The Morgan fingerprint density at radius 2 is 2.17 bits per heavy atom. The number of carbonyl (C=O) groups excluding carboxylic acids is 1. The predicted molar refractivity (Wildman–Crippen MR) is 89.8 cm³/mol. The Morgan fingerprint density at radius 3 is 2.96 bits per heavy atom. The Balaban J connectivity index is 1.79. The highest BCUT2D eigenvalue weighted by atomic mass is 16.5. The number of rotatable bonds is 3. The summed E-state index contributed by atoms with van der Waals surface area (Å²) in [6.07, 6.45) is 3.78. The second-order valence-electron chi connectivity index (χ2n) is 6.06. The summed E-state index contributed by atoms with van der Waals surface area (Å²) >= 11 is 0. The van der Waals surface area contributed by atoms with Gasteiger partial charge in [-0.05, 0) is 37.5 Å². The van der Waals surface area contributed by atoms with E-state index in [1.165, 1.54) is 11.1 Å². The van der Waals surface area contributed by atoms with Crippen LogP contribution in [0.5, 0.6) is 5.88 Å². The zero-order valence-electron chi connectivity index (χ0n) is 13.7. The van der Waals surface area contributed by atoms with Crippen LogP contribution in [0.15, 0.2) is 42.6 Å². The van der Waals surface area contributed by atoms with Gasteiger partial charge in [-0.1, -0.05) is 29.8 Å². The van der Waals surface area contributed by atoms with Gasteiger partial charge in [-0.2, -0.15) is 0 Å². The average molecular weight is 310 g/mol. The first kappa shape index (κ1) is 15.5. The number of methoxy groups -OCH3 is 1. The number of aromatic nitrogens is 1. The number of carbonyl (C=O) groups is 1. The Kier molecular flexibility index (Phi) is 4.60. The number of ether oxygens (including phenoxy) is 1. The molecule has 4 heteroatoms. The molecule has 0 bridgehead atoms. The van der Waals surface area contributed by atoms with Crippen molar-refractivity contribution in [1.82, 2.24) is 9.88 Å². The molecule has 1 unspecified atom stereocenters. The number of amides is 1. The summed E-state index contributed by atoms with van der Waals surface area (Å²) in [5.74, 6) is 0.803. The van der Waals surface area contributed by atoms with Crippen molar-refractivity contribution in [1.29, 1.82) is 0 Å². The molecular weight excluding hydrogens is 288 g/mol. The molecular formula is C19H22N2O2. The highest BCUT2D eigenvalue weighted by molar-refractivity contribution is 5.96. The zero-order valence-corrected chi connectivity index (χ0v) is 13.7. The van der Waals surface area contributed by atoms with E-state index in [4.69, 9.17) is 4.74 Å². The molecule has 1 aromatic heterocycles. The standard InChI is InChI=1S/C19H22N2O2/c1-14-6-3-7-15(12-14)16-8-5-11-21(13-16)19(22)17-9-4-10-20-18(17)23-2/h3-4,6-7,9-10,12,16H,5,8,11,13H2,1-2H3. The fourth-order valence-electron chi connectivity index (χ4n) is 3.24. The molecule has 0 aliphatic carbocycles. The van der Waals surface area contributed by atoms with Crippen LogP contribution in [0.3, 0.4) is 0 Å². The average Bonchev–Trinajstić information content (AvgIpc) is 2.61. The van der Waals surface area contributed by atoms with Gasteiger partial charge in [-0.25, -0.2) is 4.98 Å². The van der Waals surface area contributed by atoms with Gasteiger partial charge >= 0.3 is 0 Å². The molecule has 2 aromatic rings. The highest BCUT2D eigenvalue weighted by Gasteiger charge is 2.27. The van der Waals surface area contributed by atoms with Crippen LogP contribution in [-0.4, -0.2) is 36.0 Å². The first-order valence-electron chi connectivity index (χ1n) is 8.04. The van der Waals surface area contributed by atoms with E-state index in [9.17, 15) is 4.79 Å². The van der Waals surface area contributed by atoms with Crippen LogP contribution in [0.4, 0.5) is 0 Å². The molecule has 1 saturated heterocycles. The lowest BCUT2D eigenvalue weighted by atomic mass is 9.89. The first-order valence-corrected chi connectivity index (χ1v) is 8.04. The minimum Gasteiger partial charge on any atom is -0.480 e. The van der Waals surface area contributed by atoms with Gasteiger partial charge in [0.1, 0.15) is 5.56 Å². The van der Waals surface area contributed by atoms with Gasteiger partial charge in [0.2, 0.25) is 5.88 Å².